The Morgan fingerprint density at radius 3 is 2.77 bits per heavy atom. The van der Waals surface area contributed by atoms with Crippen molar-refractivity contribution in [1.82, 2.24) is 15.5 Å². The molecule has 2 unspecified atom stereocenters. The Kier molecular flexibility index (Phi) is 8.79. The normalized spacial score (nSPS) is 24.7. The zero-order valence-corrected chi connectivity index (χ0v) is 14.4. The van der Waals surface area contributed by atoms with Crippen molar-refractivity contribution in [3.8, 4) is 0 Å². The second kappa shape index (κ2) is 10.1. The smallest absolute Gasteiger partial charge is 0.242 e. The highest BCUT2D eigenvalue weighted by Crippen LogP contribution is 2.19. The van der Waals surface area contributed by atoms with Gasteiger partial charge in [0.25, 0.3) is 0 Å². The lowest BCUT2D eigenvalue weighted by Gasteiger charge is -2.34. The van der Waals surface area contributed by atoms with Crippen molar-refractivity contribution in [3.63, 3.8) is 0 Å². The highest BCUT2D eigenvalue weighted by atomic mass is 35.5. The molecule has 0 aromatic rings. The van der Waals surface area contributed by atoms with Crippen LogP contribution in [0.15, 0.2) is 0 Å². The molecule has 6 heteroatoms. The number of hydrogen-bond acceptors (Lipinski definition) is 3. The van der Waals surface area contributed by atoms with Gasteiger partial charge in [-0.3, -0.25) is 9.59 Å². The number of hydrogen-bond donors (Lipinski definition) is 2. The number of carbonyl (C=O) groups is 2. The zero-order valence-electron chi connectivity index (χ0n) is 13.6. The van der Waals surface area contributed by atoms with Gasteiger partial charge < -0.3 is 15.5 Å². The molecule has 0 radical (unpaired) electrons. The summed E-state index contributed by atoms with van der Waals surface area (Å²) in [5.41, 5.74) is 0. The van der Waals surface area contributed by atoms with Crippen molar-refractivity contribution >= 4 is 24.2 Å². The number of nitrogens with zero attached hydrogens (tertiary/aromatic N) is 1. The Balaban J connectivity index is 0.00000242. The van der Waals surface area contributed by atoms with Gasteiger partial charge in [0.15, 0.2) is 0 Å². The molecule has 0 aromatic heterocycles. The molecular weight excluding hydrogens is 302 g/mol. The fourth-order valence-corrected chi connectivity index (χ4v) is 3.34. The molecule has 0 bridgehead atoms. The van der Waals surface area contributed by atoms with E-state index in [4.69, 9.17) is 0 Å². The van der Waals surface area contributed by atoms with Crippen LogP contribution in [-0.2, 0) is 9.59 Å². The molecule has 2 aliphatic heterocycles. The summed E-state index contributed by atoms with van der Waals surface area (Å²) in [6.07, 6.45) is 6.52. The summed E-state index contributed by atoms with van der Waals surface area (Å²) in [6.45, 7) is 5.65. The SMILES string of the molecule is CCCC(=O)N1CCCCC1C(=O)NCCC1CCNC1.Cl. The molecule has 5 nitrogen and oxygen atoms in total. The van der Waals surface area contributed by atoms with Crippen LogP contribution in [-0.4, -0.2) is 48.9 Å². The highest BCUT2D eigenvalue weighted by Gasteiger charge is 2.31. The van der Waals surface area contributed by atoms with Crippen molar-refractivity contribution in [2.24, 2.45) is 5.92 Å². The molecule has 2 amide bonds. The molecular formula is C16H30ClN3O2. The van der Waals surface area contributed by atoms with Crippen LogP contribution in [0.1, 0.15) is 51.9 Å². The molecule has 2 atom stereocenters. The van der Waals surface area contributed by atoms with Crippen LogP contribution in [0.3, 0.4) is 0 Å². The van der Waals surface area contributed by atoms with E-state index >= 15 is 0 Å². The van der Waals surface area contributed by atoms with Crippen LogP contribution in [0.5, 0.6) is 0 Å². The van der Waals surface area contributed by atoms with Gasteiger partial charge in [-0.1, -0.05) is 6.92 Å². The first-order valence-electron chi connectivity index (χ1n) is 8.50. The first-order valence-corrected chi connectivity index (χ1v) is 8.50. The monoisotopic (exact) mass is 331 g/mol. The Bertz CT molecular complexity index is 359. The molecule has 0 saturated carbocycles. The summed E-state index contributed by atoms with van der Waals surface area (Å²) < 4.78 is 0. The third kappa shape index (κ3) is 5.43. The first kappa shape index (κ1) is 19.2. The lowest BCUT2D eigenvalue weighted by Crippen LogP contribution is -2.52. The van der Waals surface area contributed by atoms with Gasteiger partial charge in [0.2, 0.25) is 11.8 Å². The molecule has 22 heavy (non-hydrogen) atoms. The fourth-order valence-electron chi connectivity index (χ4n) is 3.34. The molecule has 2 heterocycles. The average Bonchev–Trinajstić information content (AvgIpc) is 3.00. The standard InChI is InChI=1S/C16H29N3O2.ClH/c1-2-5-15(20)19-11-4-3-6-14(19)16(21)18-10-8-13-7-9-17-12-13;/h13-14,17H,2-12H2,1H3,(H,18,21);1H. The largest absolute Gasteiger partial charge is 0.354 e. The van der Waals surface area contributed by atoms with E-state index in [2.05, 4.69) is 10.6 Å². The van der Waals surface area contributed by atoms with Crippen LogP contribution < -0.4 is 10.6 Å². The molecule has 2 fully saturated rings. The minimum absolute atomic E-state index is 0. The van der Waals surface area contributed by atoms with Gasteiger partial charge >= 0.3 is 0 Å². The third-order valence-electron chi connectivity index (χ3n) is 4.60. The van der Waals surface area contributed by atoms with Gasteiger partial charge in [0, 0.05) is 19.5 Å². The zero-order chi connectivity index (χ0) is 15.1. The Morgan fingerprint density at radius 2 is 2.09 bits per heavy atom. The van der Waals surface area contributed by atoms with E-state index in [1.165, 1.54) is 6.42 Å². The molecule has 2 aliphatic rings. The third-order valence-corrected chi connectivity index (χ3v) is 4.60. The predicted molar refractivity (Wildman–Crippen MR) is 90.1 cm³/mol. The van der Waals surface area contributed by atoms with Gasteiger partial charge in [-0.2, -0.15) is 0 Å². The minimum atomic E-state index is -0.237. The maximum atomic E-state index is 12.4. The number of carbonyl (C=O) groups excluding carboxylic acids is 2. The number of amides is 2. The average molecular weight is 332 g/mol. The Labute approximate surface area is 140 Å². The number of piperidine rings is 1. The van der Waals surface area contributed by atoms with Gasteiger partial charge in [-0.25, -0.2) is 0 Å². The van der Waals surface area contributed by atoms with Crippen molar-refractivity contribution in [3.05, 3.63) is 0 Å². The quantitative estimate of drug-likeness (QED) is 0.779. The van der Waals surface area contributed by atoms with E-state index in [0.717, 1.165) is 58.3 Å². The van der Waals surface area contributed by atoms with Gasteiger partial charge in [0.1, 0.15) is 6.04 Å². The van der Waals surface area contributed by atoms with E-state index in [1.54, 1.807) is 4.90 Å². The number of nitrogens with one attached hydrogen (secondary N) is 2. The molecule has 2 N–H and O–H groups in total. The Morgan fingerprint density at radius 1 is 1.27 bits per heavy atom. The summed E-state index contributed by atoms with van der Waals surface area (Å²) in [6, 6.07) is -0.237. The summed E-state index contributed by atoms with van der Waals surface area (Å²) >= 11 is 0. The summed E-state index contributed by atoms with van der Waals surface area (Å²) in [4.78, 5) is 26.3. The molecule has 2 saturated heterocycles. The van der Waals surface area contributed by atoms with Crippen molar-refractivity contribution < 1.29 is 9.59 Å². The predicted octanol–water partition coefficient (Wildman–Crippen LogP) is 1.71. The lowest BCUT2D eigenvalue weighted by molar-refractivity contribution is -0.142. The Hall–Kier alpha value is -0.810. The van der Waals surface area contributed by atoms with Gasteiger partial charge in [-0.15, -0.1) is 12.4 Å². The maximum Gasteiger partial charge on any atom is 0.242 e. The van der Waals surface area contributed by atoms with Gasteiger partial charge in [0.05, 0.1) is 0 Å². The van der Waals surface area contributed by atoms with E-state index in [9.17, 15) is 9.59 Å². The highest BCUT2D eigenvalue weighted by molar-refractivity contribution is 5.87. The van der Waals surface area contributed by atoms with Crippen LogP contribution in [0.25, 0.3) is 0 Å². The van der Waals surface area contributed by atoms with E-state index < -0.39 is 0 Å². The fraction of sp³-hybridized carbons (Fsp3) is 0.875. The molecule has 0 aliphatic carbocycles. The summed E-state index contributed by atoms with van der Waals surface area (Å²) in [5, 5.41) is 6.39. The summed E-state index contributed by atoms with van der Waals surface area (Å²) in [5.74, 6) is 0.872. The number of likely N-dealkylation sites (tertiary alicyclic amines) is 1. The van der Waals surface area contributed by atoms with E-state index in [1.807, 2.05) is 6.92 Å². The maximum absolute atomic E-state index is 12.4. The van der Waals surface area contributed by atoms with Crippen molar-refractivity contribution in [2.75, 3.05) is 26.2 Å². The van der Waals surface area contributed by atoms with Crippen LogP contribution in [0.4, 0.5) is 0 Å². The lowest BCUT2D eigenvalue weighted by atomic mass is 10.00. The number of rotatable bonds is 6. The van der Waals surface area contributed by atoms with Crippen molar-refractivity contribution in [1.29, 1.82) is 0 Å². The second-order valence-electron chi connectivity index (χ2n) is 6.29. The van der Waals surface area contributed by atoms with Crippen LogP contribution in [0, 0.1) is 5.92 Å². The van der Waals surface area contributed by atoms with Crippen LogP contribution in [0.2, 0.25) is 0 Å². The topological polar surface area (TPSA) is 61.4 Å². The van der Waals surface area contributed by atoms with Crippen molar-refractivity contribution in [2.45, 2.75) is 57.9 Å². The molecule has 2 rings (SSSR count). The van der Waals surface area contributed by atoms with Crippen LogP contribution >= 0.6 is 12.4 Å². The second-order valence-corrected chi connectivity index (χ2v) is 6.29. The van der Waals surface area contributed by atoms with E-state index in [-0.39, 0.29) is 30.3 Å². The van der Waals surface area contributed by atoms with Gasteiger partial charge in [-0.05, 0) is 57.5 Å². The van der Waals surface area contributed by atoms with E-state index in [0.29, 0.717) is 12.3 Å². The number of halogens is 1. The first-order chi connectivity index (χ1) is 10.2. The summed E-state index contributed by atoms with van der Waals surface area (Å²) in [7, 11) is 0. The molecule has 0 aromatic carbocycles. The molecule has 128 valence electrons. The molecule has 0 spiro atoms. The minimum Gasteiger partial charge on any atom is -0.354 e.